The molecule has 0 amide bonds. The summed E-state index contributed by atoms with van der Waals surface area (Å²) >= 11 is 0. The Labute approximate surface area is 417 Å². The Kier molecular flexibility index (Phi) is 10.1. The minimum absolute atomic E-state index is 0.271. The van der Waals surface area contributed by atoms with Gasteiger partial charge in [-0.1, -0.05) is 257 Å². The van der Waals surface area contributed by atoms with E-state index >= 15 is 0 Å². The van der Waals surface area contributed by atoms with Gasteiger partial charge in [0.05, 0.1) is 16.8 Å². The second kappa shape index (κ2) is 17.0. The van der Waals surface area contributed by atoms with Crippen LogP contribution in [0.15, 0.2) is 273 Å². The van der Waals surface area contributed by atoms with Gasteiger partial charge in [-0.2, -0.15) is 0 Å². The third kappa shape index (κ3) is 6.68. The first kappa shape index (κ1) is 42.3. The highest BCUT2D eigenvalue weighted by Gasteiger charge is 2.47. The van der Waals surface area contributed by atoms with Gasteiger partial charge in [-0.05, 0) is 119 Å². The van der Waals surface area contributed by atoms with Crippen molar-refractivity contribution in [3.63, 3.8) is 0 Å². The Hall–Kier alpha value is -8.78. The molecule has 11 aromatic carbocycles. The van der Waals surface area contributed by atoms with Gasteiger partial charge in [-0.25, -0.2) is 0 Å². The van der Waals surface area contributed by atoms with Crippen LogP contribution in [0.2, 0.25) is 0 Å². The molecule has 336 valence electrons. The lowest BCUT2D eigenvalue weighted by molar-refractivity contribution is 0.660. The topological polar surface area (TPSA) is 3.24 Å². The SMILES string of the molecule is CC1(C)c2cc(-c3ccccc3)ccc2-c2ccc(N(c3cccc(-c4ccccc4)c3-c3ccccc3-c3ccccc3)c3cccc4c3-c3ccccc3C4(c3ccccc3)c3ccccc3)cc21. The first-order valence-corrected chi connectivity index (χ1v) is 24.8. The molecule has 0 bridgehead atoms. The van der Waals surface area contributed by atoms with Crippen molar-refractivity contribution < 1.29 is 0 Å². The minimum Gasteiger partial charge on any atom is -0.309 e. The van der Waals surface area contributed by atoms with E-state index in [-0.39, 0.29) is 5.41 Å². The van der Waals surface area contributed by atoms with Crippen LogP contribution < -0.4 is 4.90 Å². The summed E-state index contributed by atoms with van der Waals surface area (Å²) in [7, 11) is 0. The van der Waals surface area contributed by atoms with Crippen molar-refractivity contribution in [2.45, 2.75) is 24.7 Å². The molecule has 0 saturated carbocycles. The third-order valence-electron chi connectivity index (χ3n) is 15.4. The van der Waals surface area contributed by atoms with Crippen LogP contribution in [-0.2, 0) is 10.8 Å². The molecule has 0 fully saturated rings. The van der Waals surface area contributed by atoms with Crippen molar-refractivity contribution >= 4 is 17.1 Å². The summed E-state index contributed by atoms with van der Waals surface area (Å²) < 4.78 is 0. The maximum Gasteiger partial charge on any atom is 0.0714 e. The van der Waals surface area contributed by atoms with Gasteiger partial charge >= 0.3 is 0 Å². The van der Waals surface area contributed by atoms with Crippen molar-refractivity contribution in [1.82, 2.24) is 0 Å². The standard InChI is InChI=1S/C70H51N/c1-69(2)63-46-51(48-24-8-3-9-25-48)42-44-57(63)58-45-43-54(47-64(58)69)71(65-40-22-37-56(50-28-12-5-13-29-50)67(65)59-35-19-18-34-55(59)49-26-10-4-11-27-49)66-41-23-39-62-68(66)60-36-20-21-38-61(60)70(62,52-30-14-6-15-31-52)53-32-16-7-17-33-53/h3-47H,1-2H3. The smallest absolute Gasteiger partial charge is 0.0714 e. The molecule has 0 heterocycles. The monoisotopic (exact) mass is 905 g/mol. The second-order valence-corrected chi connectivity index (χ2v) is 19.5. The molecule has 11 aromatic rings. The predicted molar refractivity (Wildman–Crippen MR) is 298 cm³/mol. The van der Waals surface area contributed by atoms with E-state index in [4.69, 9.17) is 0 Å². The van der Waals surface area contributed by atoms with E-state index in [1.54, 1.807) is 0 Å². The summed E-state index contributed by atoms with van der Waals surface area (Å²) in [6.45, 7) is 4.81. The summed E-state index contributed by atoms with van der Waals surface area (Å²) in [6.07, 6.45) is 0. The van der Waals surface area contributed by atoms with Gasteiger partial charge < -0.3 is 4.90 Å². The zero-order chi connectivity index (χ0) is 47.5. The van der Waals surface area contributed by atoms with E-state index in [0.29, 0.717) is 0 Å². The molecular weight excluding hydrogens is 855 g/mol. The summed E-state index contributed by atoms with van der Waals surface area (Å²) in [5, 5.41) is 0. The average Bonchev–Trinajstić information content (AvgIpc) is 3.88. The molecule has 0 unspecified atom stereocenters. The zero-order valence-corrected chi connectivity index (χ0v) is 39.9. The molecular formula is C70H51N. The van der Waals surface area contributed by atoms with Crippen molar-refractivity contribution in [1.29, 1.82) is 0 Å². The first-order chi connectivity index (χ1) is 35.0. The number of hydrogen-bond donors (Lipinski definition) is 0. The Morgan fingerprint density at radius 1 is 0.268 bits per heavy atom. The number of nitrogens with zero attached hydrogens (tertiary/aromatic N) is 1. The predicted octanol–water partition coefficient (Wildman–Crippen LogP) is 18.5. The van der Waals surface area contributed by atoms with Crippen LogP contribution in [0.25, 0.3) is 66.8 Å². The first-order valence-electron chi connectivity index (χ1n) is 24.8. The highest BCUT2D eigenvalue weighted by Crippen LogP contribution is 2.61. The van der Waals surface area contributed by atoms with E-state index < -0.39 is 5.41 Å². The average molecular weight is 906 g/mol. The molecule has 1 heteroatoms. The van der Waals surface area contributed by atoms with Crippen LogP contribution in [-0.4, -0.2) is 0 Å². The molecule has 0 radical (unpaired) electrons. The molecule has 0 aliphatic heterocycles. The Morgan fingerprint density at radius 3 is 1.35 bits per heavy atom. The summed E-state index contributed by atoms with van der Waals surface area (Å²) in [5.74, 6) is 0. The van der Waals surface area contributed by atoms with Gasteiger partial charge in [0, 0.05) is 22.2 Å². The number of rotatable bonds is 9. The van der Waals surface area contributed by atoms with E-state index in [9.17, 15) is 0 Å². The Balaban J connectivity index is 1.13. The highest BCUT2D eigenvalue weighted by molar-refractivity contribution is 6.05. The van der Waals surface area contributed by atoms with E-state index in [0.717, 1.165) is 17.1 Å². The molecule has 13 rings (SSSR count). The molecule has 0 spiro atoms. The van der Waals surface area contributed by atoms with Crippen LogP contribution in [0.3, 0.4) is 0 Å². The summed E-state index contributed by atoms with van der Waals surface area (Å²) in [6, 6.07) is 101. The zero-order valence-electron chi connectivity index (χ0n) is 39.9. The minimum atomic E-state index is -0.567. The van der Waals surface area contributed by atoms with Crippen LogP contribution in [0, 0.1) is 0 Å². The van der Waals surface area contributed by atoms with Gasteiger partial charge in [-0.3, -0.25) is 0 Å². The van der Waals surface area contributed by atoms with E-state index in [1.165, 1.54) is 100 Å². The molecule has 71 heavy (non-hydrogen) atoms. The Morgan fingerprint density at radius 2 is 0.718 bits per heavy atom. The van der Waals surface area contributed by atoms with Gasteiger partial charge in [0.15, 0.2) is 0 Å². The molecule has 2 aliphatic carbocycles. The fourth-order valence-corrected chi connectivity index (χ4v) is 12.2. The second-order valence-electron chi connectivity index (χ2n) is 19.5. The third-order valence-corrected chi connectivity index (χ3v) is 15.4. The number of benzene rings is 11. The molecule has 0 aromatic heterocycles. The van der Waals surface area contributed by atoms with Crippen LogP contribution in [0.5, 0.6) is 0 Å². The molecule has 0 saturated heterocycles. The number of fused-ring (bicyclic) bond motifs is 6. The van der Waals surface area contributed by atoms with Crippen LogP contribution >= 0.6 is 0 Å². The highest BCUT2D eigenvalue weighted by atomic mass is 15.1. The van der Waals surface area contributed by atoms with Crippen molar-refractivity contribution in [2.75, 3.05) is 4.90 Å². The van der Waals surface area contributed by atoms with Gasteiger partial charge in [0.2, 0.25) is 0 Å². The van der Waals surface area contributed by atoms with Gasteiger partial charge in [0.25, 0.3) is 0 Å². The van der Waals surface area contributed by atoms with Crippen LogP contribution in [0.4, 0.5) is 17.1 Å². The lowest BCUT2D eigenvalue weighted by Crippen LogP contribution is -2.28. The molecule has 2 aliphatic rings. The maximum atomic E-state index is 2.60. The summed E-state index contributed by atoms with van der Waals surface area (Å²) in [4.78, 5) is 2.60. The largest absolute Gasteiger partial charge is 0.309 e. The Bertz CT molecular complexity index is 3720. The maximum absolute atomic E-state index is 2.60. The quantitative estimate of drug-likeness (QED) is 0.139. The van der Waals surface area contributed by atoms with Crippen LogP contribution in [0.1, 0.15) is 47.2 Å². The number of hydrogen-bond acceptors (Lipinski definition) is 1. The van der Waals surface area contributed by atoms with Crippen molar-refractivity contribution in [3.05, 3.63) is 306 Å². The fraction of sp³-hybridized carbons (Fsp3) is 0.0571. The lowest BCUT2D eigenvalue weighted by Gasteiger charge is -2.35. The lowest BCUT2D eigenvalue weighted by atomic mass is 9.68. The van der Waals surface area contributed by atoms with Crippen molar-refractivity contribution in [3.8, 4) is 66.8 Å². The molecule has 0 N–H and O–H groups in total. The summed E-state index contributed by atoms with van der Waals surface area (Å²) in [5.41, 5.74) is 24.8. The van der Waals surface area contributed by atoms with Crippen molar-refractivity contribution in [2.24, 2.45) is 0 Å². The molecule has 1 nitrogen and oxygen atoms in total. The normalized spacial score (nSPS) is 13.4. The fourth-order valence-electron chi connectivity index (χ4n) is 12.2. The number of anilines is 3. The van der Waals surface area contributed by atoms with E-state index in [1.807, 2.05) is 0 Å². The molecule has 0 atom stereocenters. The van der Waals surface area contributed by atoms with E-state index in [2.05, 4.69) is 292 Å². The van der Waals surface area contributed by atoms with Gasteiger partial charge in [0.1, 0.15) is 0 Å². The van der Waals surface area contributed by atoms with Gasteiger partial charge in [-0.15, -0.1) is 0 Å².